The van der Waals surface area contributed by atoms with Crippen LogP contribution in [0.2, 0.25) is 0 Å². The Kier molecular flexibility index (Phi) is 2.58. The monoisotopic (exact) mass is 166 g/mol. The van der Waals surface area contributed by atoms with Crippen molar-refractivity contribution in [1.29, 1.82) is 0 Å². The third-order valence-corrected chi connectivity index (χ3v) is 2.05. The topological polar surface area (TPSA) is 40.5 Å². The van der Waals surface area contributed by atoms with Crippen molar-refractivity contribution in [2.24, 2.45) is 0 Å². The summed E-state index contributed by atoms with van der Waals surface area (Å²) in [5.74, 6) is 0.545. The first-order chi connectivity index (χ1) is 5.66. The van der Waals surface area contributed by atoms with E-state index < -0.39 is 0 Å². The Morgan fingerprint density at radius 1 is 1.17 bits per heavy atom. The Morgan fingerprint density at radius 2 is 1.75 bits per heavy atom. The molecule has 12 heavy (non-hydrogen) atoms. The highest BCUT2D eigenvalue weighted by Gasteiger charge is 2.06. The molecule has 1 rings (SSSR count). The Bertz CT molecular complexity index is 279. The van der Waals surface area contributed by atoms with Crippen LogP contribution in [-0.4, -0.2) is 10.2 Å². The minimum absolute atomic E-state index is 0.260. The van der Waals surface area contributed by atoms with E-state index in [4.69, 9.17) is 0 Å². The molecule has 66 valence electrons. The Balaban J connectivity index is 3.14. The van der Waals surface area contributed by atoms with Crippen LogP contribution in [-0.2, 0) is 6.42 Å². The van der Waals surface area contributed by atoms with Crippen LogP contribution in [0.3, 0.4) is 0 Å². The summed E-state index contributed by atoms with van der Waals surface area (Å²) < 4.78 is 0. The minimum Gasteiger partial charge on any atom is -0.508 e. The Labute approximate surface area is 72.5 Å². The van der Waals surface area contributed by atoms with Crippen molar-refractivity contribution >= 4 is 0 Å². The van der Waals surface area contributed by atoms with Crippen molar-refractivity contribution in [2.45, 2.75) is 26.7 Å². The summed E-state index contributed by atoms with van der Waals surface area (Å²) in [6.45, 7) is 3.86. The van der Waals surface area contributed by atoms with E-state index in [2.05, 4.69) is 0 Å². The SMILES string of the molecule is CCCc1c(O)ccc(O)c1C. The first kappa shape index (κ1) is 8.91. The van der Waals surface area contributed by atoms with Gasteiger partial charge in [0, 0.05) is 5.56 Å². The fourth-order valence-electron chi connectivity index (χ4n) is 1.30. The third kappa shape index (κ3) is 1.52. The fraction of sp³-hybridized carbons (Fsp3) is 0.400. The van der Waals surface area contributed by atoms with E-state index in [1.165, 1.54) is 12.1 Å². The predicted molar refractivity (Wildman–Crippen MR) is 48.5 cm³/mol. The molecule has 1 aromatic rings. The van der Waals surface area contributed by atoms with Gasteiger partial charge in [0.2, 0.25) is 0 Å². The lowest BCUT2D eigenvalue weighted by Gasteiger charge is -2.08. The molecule has 0 fully saturated rings. The second-order valence-corrected chi connectivity index (χ2v) is 2.96. The number of rotatable bonds is 2. The van der Waals surface area contributed by atoms with Crippen molar-refractivity contribution in [3.63, 3.8) is 0 Å². The molecule has 1 aromatic carbocycles. The van der Waals surface area contributed by atoms with Crippen LogP contribution < -0.4 is 0 Å². The third-order valence-electron chi connectivity index (χ3n) is 2.05. The summed E-state index contributed by atoms with van der Waals surface area (Å²) in [6.07, 6.45) is 1.78. The molecule has 0 amide bonds. The average Bonchev–Trinajstić information content (AvgIpc) is 2.06. The van der Waals surface area contributed by atoms with Crippen molar-refractivity contribution in [3.05, 3.63) is 23.3 Å². The summed E-state index contributed by atoms with van der Waals surface area (Å²) in [5.41, 5.74) is 1.65. The molecule has 0 spiro atoms. The number of benzene rings is 1. The molecular weight excluding hydrogens is 152 g/mol. The lowest BCUT2D eigenvalue weighted by molar-refractivity contribution is 0.450. The normalized spacial score (nSPS) is 10.2. The van der Waals surface area contributed by atoms with Gasteiger partial charge in [-0.25, -0.2) is 0 Å². The fourth-order valence-corrected chi connectivity index (χ4v) is 1.30. The van der Waals surface area contributed by atoms with Gasteiger partial charge >= 0.3 is 0 Å². The van der Waals surface area contributed by atoms with Gasteiger partial charge in [0.1, 0.15) is 11.5 Å². The first-order valence-electron chi connectivity index (χ1n) is 4.17. The van der Waals surface area contributed by atoms with Crippen molar-refractivity contribution in [2.75, 3.05) is 0 Å². The van der Waals surface area contributed by atoms with E-state index in [1.54, 1.807) is 0 Å². The molecule has 0 saturated heterocycles. The second-order valence-electron chi connectivity index (χ2n) is 2.96. The van der Waals surface area contributed by atoms with Crippen LogP contribution in [0, 0.1) is 6.92 Å². The van der Waals surface area contributed by atoms with Gasteiger partial charge in [-0.15, -0.1) is 0 Å². The van der Waals surface area contributed by atoms with Gasteiger partial charge in [0.05, 0.1) is 0 Å². The molecule has 2 N–H and O–H groups in total. The number of hydrogen-bond acceptors (Lipinski definition) is 2. The van der Waals surface area contributed by atoms with Crippen molar-refractivity contribution in [3.8, 4) is 11.5 Å². The molecule has 0 saturated carbocycles. The van der Waals surface area contributed by atoms with Gasteiger partial charge in [-0.05, 0) is 31.0 Å². The summed E-state index contributed by atoms with van der Waals surface area (Å²) in [4.78, 5) is 0. The summed E-state index contributed by atoms with van der Waals surface area (Å²) in [6, 6.07) is 3.05. The maximum absolute atomic E-state index is 9.44. The van der Waals surface area contributed by atoms with Gasteiger partial charge in [0.15, 0.2) is 0 Å². The van der Waals surface area contributed by atoms with Gasteiger partial charge in [-0.3, -0.25) is 0 Å². The van der Waals surface area contributed by atoms with Gasteiger partial charge < -0.3 is 10.2 Å². The van der Waals surface area contributed by atoms with Crippen molar-refractivity contribution in [1.82, 2.24) is 0 Å². The predicted octanol–water partition coefficient (Wildman–Crippen LogP) is 2.36. The van der Waals surface area contributed by atoms with Crippen LogP contribution in [0.15, 0.2) is 12.1 Å². The Morgan fingerprint density at radius 3 is 2.33 bits per heavy atom. The highest BCUT2D eigenvalue weighted by molar-refractivity contribution is 5.46. The molecular formula is C10H14O2. The molecule has 0 bridgehead atoms. The number of phenols is 2. The van der Waals surface area contributed by atoms with E-state index in [-0.39, 0.29) is 11.5 Å². The van der Waals surface area contributed by atoms with E-state index in [9.17, 15) is 10.2 Å². The van der Waals surface area contributed by atoms with Gasteiger partial charge in [0.25, 0.3) is 0 Å². The van der Waals surface area contributed by atoms with Gasteiger partial charge in [-0.1, -0.05) is 13.3 Å². The van der Waals surface area contributed by atoms with Crippen molar-refractivity contribution < 1.29 is 10.2 Å². The maximum Gasteiger partial charge on any atom is 0.119 e. The average molecular weight is 166 g/mol. The van der Waals surface area contributed by atoms with Crippen LogP contribution in [0.5, 0.6) is 11.5 Å². The zero-order chi connectivity index (χ0) is 9.14. The summed E-state index contributed by atoms with van der Waals surface area (Å²) >= 11 is 0. The van der Waals surface area contributed by atoms with E-state index in [1.807, 2.05) is 13.8 Å². The molecule has 2 nitrogen and oxygen atoms in total. The summed E-state index contributed by atoms with van der Waals surface area (Å²) in [5, 5.41) is 18.8. The van der Waals surface area contributed by atoms with Crippen LogP contribution in [0.4, 0.5) is 0 Å². The molecule has 0 aliphatic carbocycles. The maximum atomic E-state index is 9.44. The number of aromatic hydroxyl groups is 2. The molecule has 2 heteroatoms. The standard InChI is InChI=1S/C10H14O2/c1-3-4-8-7(2)9(11)5-6-10(8)12/h5-6,11-12H,3-4H2,1-2H3. The highest BCUT2D eigenvalue weighted by Crippen LogP contribution is 2.28. The number of hydrogen-bond donors (Lipinski definition) is 2. The van der Waals surface area contributed by atoms with E-state index >= 15 is 0 Å². The molecule has 0 unspecified atom stereocenters. The lowest BCUT2D eigenvalue weighted by atomic mass is 10.0. The number of phenolic OH excluding ortho intramolecular Hbond substituents is 2. The highest BCUT2D eigenvalue weighted by atomic mass is 16.3. The van der Waals surface area contributed by atoms with Crippen LogP contribution in [0.25, 0.3) is 0 Å². The Hall–Kier alpha value is -1.18. The molecule has 0 radical (unpaired) electrons. The zero-order valence-electron chi connectivity index (χ0n) is 7.46. The van der Waals surface area contributed by atoms with Crippen LogP contribution >= 0.6 is 0 Å². The summed E-state index contributed by atoms with van der Waals surface area (Å²) in [7, 11) is 0. The minimum atomic E-state index is 0.260. The van der Waals surface area contributed by atoms with Gasteiger partial charge in [-0.2, -0.15) is 0 Å². The quantitative estimate of drug-likeness (QED) is 0.662. The smallest absolute Gasteiger partial charge is 0.119 e. The van der Waals surface area contributed by atoms with E-state index in [0.717, 1.165) is 24.0 Å². The zero-order valence-corrected chi connectivity index (χ0v) is 7.46. The second kappa shape index (κ2) is 3.48. The van der Waals surface area contributed by atoms with E-state index in [0.29, 0.717) is 0 Å². The molecule has 0 atom stereocenters. The molecule has 0 aliphatic heterocycles. The first-order valence-corrected chi connectivity index (χ1v) is 4.17. The lowest BCUT2D eigenvalue weighted by Crippen LogP contribution is -1.89. The van der Waals surface area contributed by atoms with Crippen LogP contribution in [0.1, 0.15) is 24.5 Å². The largest absolute Gasteiger partial charge is 0.508 e. The molecule has 0 aliphatic rings. The molecule has 0 aromatic heterocycles. The molecule has 0 heterocycles.